The molecule has 15 heavy (non-hydrogen) atoms. The molecule has 72 valence electrons. The molecule has 0 atom stereocenters. The third kappa shape index (κ3) is 2.29. The number of H-pyrrole nitrogens is 1. The molecule has 1 N–H and O–H groups in total. The van der Waals surface area contributed by atoms with Crippen LogP contribution in [-0.4, -0.2) is 15.2 Å². The first-order chi connectivity index (χ1) is 7.38. The molecule has 2 rings (SSSR count). The van der Waals surface area contributed by atoms with Gasteiger partial charge in [-0.25, -0.2) is 4.98 Å². The van der Waals surface area contributed by atoms with E-state index in [-0.39, 0.29) is 0 Å². The third-order valence-electron chi connectivity index (χ3n) is 1.90. The summed E-state index contributed by atoms with van der Waals surface area (Å²) in [6.45, 7) is 0. The van der Waals surface area contributed by atoms with Crippen LogP contribution in [0.15, 0.2) is 30.6 Å². The number of nitrogens with one attached hydrogen (secondary N) is 1. The molecule has 1 heterocycles. The van der Waals surface area contributed by atoms with Crippen molar-refractivity contribution < 1.29 is 0 Å². The fraction of sp³-hybridized carbons (Fsp3) is 0. The van der Waals surface area contributed by atoms with E-state index in [0.29, 0.717) is 11.4 Å². The molecule has 0 unspecified atom stereocenters. The first-order valence-electron chi connectivity index (χ1n) is 4.42. The van der Waals surface area contributed by atoms with Crippen molar-refractivity contribution >= 4 is 12.2 Å². The van der Waals surface area contributed by atoms with Crippen LogP contribution in [0.3, 0.4) is 0 Å². The molecule has 0 aliphatic rings. The smallest absolute Gasteiger partial charge is 0.173 e. The van der Waals surface area contributed by atoms with Crippen molar-refractivity contribution in [3.63, 3.8) is 0 Å². The van der Waals surface area contributed by atoms with Gasteiger partial charge in [-0.05, 0) is 23.8 Å². The first-order valence-corrected chi connectivity index (χ1v) is 4.42. The van der Waals surface area contributed by atoms with Gasteiger partial charge in [0.15, 0.2) is 5.82 Å². The molecule has 0 aliphatic heterocycles. The lowest BCUT2D eigenvalue weighted by Gasteiger charge is -1.91. The van der Waals surface area contributed by atoms with E-state index in [1.807, 2.05) is 18.2 Å². The number of nitriles is 1. The minimum atomic E-state index is 0.638. The van der Waals surface area contributed by atoms with Crippen molar-refractivity contribution in [1.82, 2.24) is 15.2 Å². The molecule has 0 aliphatic carbocycles. The molecule has 0 bridgehead atoms. The van der Waals surface area contributed by atoms with Gasteiger partial charge in [0.05, 0.1) is 11.6 Å². The maximum absolute atomic E-state index is 8.62. The predicted octanol–water partition coefficient (Wildman–Crippen LogP) is 1.85. The van der Waals surface area contributed by atoms with Crippen LogP contribution in [0.4, 0.5) is 0 Å². The Morgan fingerprint density at radius 3 is 2.60 bits per heavy atom. The molecule has 1 aromatic heterocycles. The minimum Gasteiger partial charge on any atom is -0.266 e. The van der Waals surface area contributed by atoms with Crippen LogP contribution in [0, 0.1) is 11.3 Å². The lowest BCUT2D eigenvalue weighted by atomic mass is 10.1. The maximum atomic E-state index is 8.62. The number of benzene rings is 1. The van der Waals surface area contributed by atoms with Crippen LogP contribution in [-0.2, 0) is 0 Å². The van der Waals surface area contributed by atoms with Gasteiger partial charge in [0, 0.05) is 0 Å². The topological polar surface area (TPSA) is 65.4 Å². The molecule has 0 radical (unpaired) electrons. The van der Waals surface area contributed by atoms with E-state index in [9.17, 15) is 0 Å². The highest BCUT2D eigenvalue weighted by molar-refractivity contribution is 5.66. The van der Waals surface area contributed by atoms with Crippen LogP contribution in [0.5, 0.6) is 0 Å². The average Bonchev–Trinajstić information content (AvgIpc) is 2.80. The minimum absolute atomic E-state index is 0.638. The summed E-state index contributed by atoms with van der Waals surface area (Å²) in [5, 5.41) is 15.1. The zero-order valence-corrected chi connectivity index (χ0v) is 7.88. The Kier molecular flexibility index (Phi) is 2.56. The zero-order valence-electron chi connectivity index (χ0n) is 7.88. The second-order valence-corrected chi connectivity index (χ2v) is 2.92. The highest BCUT2D eigenvalue weighted by Gasteiger charge is 1.91. The van der Waals surface area contributed by atoms with Crippen molar-refractivity contribution in [2.75, 3.05) is 0 Å². The van der Waals surface area contributed by atoms with Gasteiger partial charge in [-0.15, -0.1) is 0 Å². The van der Waals surface area contributed by atoms with Gasteiger partial charge in [-0.3, -0.25) is 5.10 Å². The lowest BCUT2D eigenvalue weighted by molar-refractivity contribution is 1.08. The average molecular weight is 196 g/mol. The number of aromatic amines is 1. The van der Waals surface area contributed by atoms with Crippen LogP contribution in [0.25, 0.3) is 12.2 Å². The monoisotopic (exact) mass is 196 g/mol. The first kappa shape index (κ1) is 9.16. The number of hydrogen-bond donors (Lipinski definition) is 1. The van der Waals surface area contributed by atoms with Crippen molar-refractivity contribution in [2.45, 2.75) is 0 Å². The Morgan fingerprint density at radius 2 is 2.00 bits per heavy atom. The highest BCUT2D eigenvalue weighted by Crippen LogP contribution is 2.06. The second-order valence-electron chi connectivity index (χ2n) is 2.92. The molecule has 0 saturated carbocycles. The van der Waals surface area contributed by atoms with E-state index >= 15 is 0 Å². The molecule has 0 fully saturated rings. The van der Waals surface area contributed by atoms with Gasteiger partial charge in [0.25, 0.3) is 0 Å². The molecule has 4 nitrogen and oxygen atoms in total. The van der Waals surface area contributed by atoms with Gasteiger partial charge < -0.3 is 0 Å². The molecular formula is C11H8N4. The normalized spacial score (nSPS) is 10.3. The van der Waals surface area contributed by atoms with Gasteiger partial charge in [-0.2, -0.15) is 10.4 Å². The van der Waals surface area contributed by atoms with Crippen LogP contribution < -0.4 is 0 Å². The molecule has 0 saturated heterocycles. The molecular weight excluding hydrogens is 188 g/mol. The van der Waals surface area contributed by atoms with Crippen LogP contribution in [0.2, 0.25) is 0 Å². The number of hydrogen-bond acceptors (Lipinski definition) is 3. The fourth-order valence-electron chi connectivity index (χ4n) is 1.14. The Bertz CT molecular complexity index is 488. The summed E-state index contributed by atoms with van der Waals surface area (Å²) >= 11 is 0. The van der Waals surface area contributed by atoms with Crippen molar-refractivity contribution in [3.8, 4) is 6.07 Å². The number of aromatic nitrogens is 3. The van der Waals surface area contributed by atoms with Crippen molar-refractivity contribution in [2.24, 2.45) is 0 Å². The molecule has 4 heteroatoms. The van der Waals surface area contributed by atoms with Crippen molar-refractivity contribution in [3.05, 3.63) is 47.5 Å². The summed E-state index contributed by atoms with van der Waals surface area (Å²) < 4.78 is 0. The summed E-state index contributed by atoms with van der Waals surface area (Å²) in [4.78, 5) is 3.96. The van der Waals surface area contributed by atoms with Gasteiger partial charge >= 0.3 is 0 Å². The summed E-state index contributed by atoms with van der Waals surface area (Å²) in [5.74, 6) is 0.638. The molecule has 1 aromatic carbocycles. The Balaban J connectivity index is 2.15. The SMILES string of the molecule is N#Cc1ccc(/C=C/c2nc[nH]n2)cc1. The largest absolute Gasteiger partial charge is 0.266 e. The summed E-state index contributed by atoms with van der Waals surface area (Å²) in [5.41, 5.74) is 1.67. The van der Waals surface area contributed by atoms with E-state index in [2.05, 4.69) is 21.3 Å². The van der Waals surface area contributed by atoms with Crippen LogP contribution in [0.1, 0.15) is 17.0 Å². The lowest BCUT2D eigenvalue weighted by Crippen LogP contribution is -1.77. The molecule has 0 amide bonds. The third-order valence-corrected chi connectivity index (χ3v) is 1.90. The second kappa shape index (κ2) is 4.20. The van der Waals surface area contributed by atoms with Gasteiger partial charge in [-0.1, -0.05) is 18.2 Å². The van der Waals surface area contributed by atoms with E-state index in [4.69, 9.17) is 5.26 Å². The predicted molar refractivity (Wildman–Crippen MR) is 56.5 cm³/mol. The number of rotatable bonds is 2. The maximum Gasteiger partial charge on any atom is 0.173 e. The van der Waals surface area contributed by atoms with E-state index in [0.717, 1.165) is 5.56 Å². The summed E-state index contributed by atoms with van der Waals surface area (Å²) in [6.07, 6.45) is 5.22. The van der Waals surface area contributed by atoms with Crippen molar-refractivity contribution in [1.29, 1.82) is 5.26 Å². The Morgan fingerprint density at radius 1 is 1.20 bits per heavy atom. The molecule has 2 aromatic rings. The van der Waals surface area contributed by atoms with Crippen LogP contribution >= 0.6 is 0 Å². The van der Waals surface area contributed by atoms with E-state index in [1.165, 1.54) is 6.33 Å². The highest BCUT2D eigenvalue weighted by atomic mass is 15.2. The van der Waals surface area contributed by atoms with E-state index < -0.39 is 0 Å². The van der Waals surface area contributed by atoms with E-state index in [1.54, 1.807) is 18.2 Å². The number of nitrogens with zero attached hydrogens (tertiary/aromatic N) is 3. The fourth-order valence-corrected chi connectivity index (χ4v) is 1.14. The summed E-state index contributed by atoms with van der Waals surface area (Å²) in [7, 11) is 0. The molecule has 0 spiro atoms. The Hall–Kier alpha value is -2.41. The summed E-state index contributed by atoms with van der Waals surface area (Å²) in [6, 6.07) is 9.37. The van der Waals surface area contributed by atoms with Gasteiger partial charge in [0.1, 0.15) is 6.33 Å². The zero-order chi connectivity index (χ0) is 10.5. The Labute approximate surface area is 86.9 Å². The standard InChI is InChI=1S/C11H8N4/c12-7-10-3-1-9(2-4-10)5-6-11-13-8-14-15-11/h1-6,8H,(H,13,14,15)/b6-5+. The quantitative estimate of drug-likeness (QED) is 0.797. The van der Waals surface area contributed by atoms with Gasteiger partial charge in [0.2, 0.25) is 0 Å².